The van der Waals surface area contributed by atoms with Crippen LogP contribution in [0.3, 0.4) is 0 Å². The number of thioether (sulfide) groups is 1. The van der Waals surface area contributed by atoms with Crippen molar-refractivity contribution in [1.82, 2.24) is 14.8 Å². The molecule has 25 heavy (non-hydrogen) atoms. The maximum absolute atomic E-state index is 6.21. The van der Waals surface area contributed by atoms with Crippen LogP contribution in [0.25, 0.3) is 11.4 Å². The molecule has 7 heteroatoms. The molecular weight excluding hydrogens is 358 g/mol. The van der Waals surface area contributed by atoms with E-state index >= 15 is 0 Å². The molecule has 1 aromatic heterocycles. The minimum atomic E-state index is 0.660. The van der Waals surface area contributed by atoms with Gasteiger partial charge in [-0.05, 0) is 29.8 Å². The second-order valence-electron chi connectivity index (χ2n) is 5.32. The van der Waals surface area contributed by atoms with E-state index in [9.17, 15) is 0 Å². The fourth-order valence-corrected chi connectivity index (χ4v) is 3.62. The van der Waals surface area contributed by atoms with Crippen LogP contribution in [0, 0.1) is 0 Å². The van der Waals surface area contributed by atoms with Crippen LogP contribution >= 0.6 is 23.4 Å². The van der Waals surface area contributed by atoms with Gasteiger partial charge in [-0.25, -0.2) is 0 Å². The zero-order valence-electron chi connectivity index (χ0n) is 14.2. The largest absolute Gasteiger partial charge is 0.493 e. The first-order valence-electron chi connectivity index (χ1n) is 7.62. The van der Waals surface area contributed by atoms with E-state index in [0.717, 1.165) is 32.9 Å². The van der Waals surface area contributed by atoms with E-state index in [-0.39, 0.29) is 0 Å². The van der Waals surface area contributed by atoms with Gasteiger partial charge in [0.25, 0.3) is 0 Å². The Morgan fingerprint density at radius 3 is 2.52 bits per heavy atom. The number of aromatic nitrogens is 3. The molecule has 0 aliphatic heterocycles. The van der Waals surface area contributed by atoms with Gasteiger partial charge < -0.3 is 14.0 Å². The summed E-state index contributed by atoms with van der Waals surface area (Å²) in [6.45, 7) is 0. The first-order chi connectivity index (χ1) is 12.1. The van der Waals surface area contributed by atoms with Gasteiger partial charge in [-0.3, -0.25) is 0 Å². The van der Waals surface area contributed by atoms with Crippen LogP contribution in [0.2, 0.25) is 5.02 Å². The number of hydrogen-bond donors (Lipinski definition) is 0. The van der Waals surface area contributed by atoms with Crippen LogP contribution in [0.5, 0.6) is 11.5 Å². The third-order valence-corrected chi connectivity index (χ3v) is 5.23. The number of nitrogens with zero attached hydrogens (tertiary/aromatic N) is 3. The molecule has 0 saturated carbocycles. The Morgan fingerprint density at radius 2 is 1.80 bits per heavy atom. The van der Waals surface area contributed by atoms with Crippen molar-refractivity contribution in [3.63, 3.8) is 0 Å². The maximum Gasteiger partial charge on any atom is 0.191 e. The highest BCUT2D eigenvalue weighted by atomic mass is 35.5. The molecule has 0 spiro atoms. The smallest absolute Gasteiger partial charge is 0.191 e. The van der Waals surface area contributed by atoms with Gasteiger partial charge in [0, 0.05) is 23.4 Å². The van der Waals surface area contributed by atoms with Crippen LogP contribution in [-0.2, 0) is 12.8 Å². The van der Waals surface area contributed by atoms with Crippen molar-refractivity contribution < 1.29 is 9.47 Å². The van der Waals surface area contributed by atoms with Crippen LogP contribution in [0.15, 0.2) is 47.6 Å². The fourth-order valence-electron chi connectivity index (χ4n) is 2.43. The Kier molecular flexibility index (Phi) is 5.50. The summed E-state index contributed by atoms with van der Waals surface area (Å²) in [7, 11) is 5.17. The number of methoxy groups -OCH3 is 2. The molecule has 0 N–H and O–H groups in total. The molecule has 2 aromatic carbocycles. The van der Waals surface area contributed by atoms with Crippen molar-refractivity contribution in [3.05, 3.63) is 53.1 Å². The molecular formula is C18H18ClN3O2S. The highest BCUT2D eigenvalue weighted by molar-refractivity contribution is 7.98. The number of hydrogen-bond acceptors (Lipinski definition) is 5. The summed E-state index contributed by atoms with van der Waals surface area (Å²) in [6, 6.07) is 13.5. The summed E-state index contributed by atoms with van der Waals surface area (Å²) in [5.74, 6) is 2.84. The average molecular weight is 376 g/mol. The highest BCUT2D eigenvalue weighted by Crippen LogP contribution is 2.33. The zero-order valence-corrected chi connectivity index (χ0v) is 15.8. The molecule has 0 atom stereocenters. The molecule has 130 valence electrons. The lowest BCUT2D eigenvalue weighted by molar-refractivity contribution is 0.355. The van der Waals surface area contributed by atoms with E-state index in [4.69, 9.17) is 21.1 Å². The first kappa shape index (κ1) is 17.6. The van der Waals surface area contributed by atoms with Gasteiger partial charge in [0.1, 0.15) is 0 Å². The van der Waals surface area contributed by atoms with E-state index in [1.54, 1.807) is 26.0 Å². The van der Waals surface area contributed by atoms with E-state index in [0.29, 0.717) is 11.5 Å². The van der Waals surface area contributed by atoms with Crippen LogP contribution in [0.1, 0.15) is 5.56 Å². The lowest BCUT2D eigenvalue weighted by Crippen LogP contribution is -1.96. The number of benzene rings is 2. The van der Waals surface area contributed by atoms with E-state index in [1.807, 2.05) is 54.1 Å². The minimum absolute atomic E-state index is 0.660. The molecule has 0 radical (unpaired) electrons. The Morgan fingerprint density at radius 1 is 1.04 bits per heavy atom. The molecule has 1 heterocycles. The third kappa shape index (κ3) is 3.75. The number of rotatable bonds is 6. The molecule has 3 rings (SSSR count). The van der Waals surface area contributed by atoms with E-state index in [1.165, 1.54) is 0 Å². The van der Waals surface area contributed by atoms with Crippen LogP contribution < -0.4 is 9.47 Å². The van der Waals surface area contributed by atoms with Gasteiger partial charge >= 0.3 is 0 Å². The van der Waals surface area contributed by atoms with Gasteiger partial charge in [-0.2, -0.15) is 0 Å². The van der Waals surface area contributed by atoms with Gasteiger partial charge in [0.2, 0.25) is 0 Å². The normalized spacial score (nSPS) is 10.7. The molecule has 0 aliphatic rings. The van der Waals surface area contributed by atoms with Crippen molar-refractivity contribution >= 4 is 23.4 Å². The summed E-state index contributed by atoms with van der Waals surface area (Å²) >= 11 is 7.81. The predicted octanol–water partition coefficient (Wildman–Crippen LogP) is 4.45. The first-order valence-corrected chi connectivity index (χ1v) is 8.98. The minimum Gasteiger partial charge on any atom is -0.493 e. The summed E-state index contributed by atoms with van der Waals surface area (Å²) in [4.78, 5) is 0. The summed E-state index contributed by atoms with van der Waals surface area (Å²) in [5.41, 5.74) is 1.99. The van der Waals surface area contributed by atoms with Crippen LogP contribution in [0.4, 0.5) is 0 Å². The maximum atomic E-state index is 6.21. The molecule has 0 saturated heterocycles. The average Bonchev–Trinajstić information content (AvgIpc) is 3.01. The van der Waals surface area contributed by atoms with Gasteiger partial charge in [0.15, 0.2) is 22.5 Å². The molecule has 0 bridgehead atoms. The summed E-state index contributed by atoms with van der Waals surface area (Å²) in [6.07, 6.45) is 0. The molecule has 0 aliphatic carbocycles. The van der Waals surface area contributed by atoms with Gasteiger partial charge in [-0.1, -0.05) is 41.6 Å². The summed E-state index contributed by atoms with van der Waals surface area (Å²) in [5, 5.41) is 10.2. The van der Waals surface area contributed by atoms with Crippen molar-refractivity contribution in [2.45, 2.75) is 10.9 Å². The Balaban J connectivity index is 1.83. The second kappa shape index (κ2) is 7.80. The molecule has 5 nitrogen and oxygen atoms in total. The monoisotopic (exact) mass is 375 g/mol. The molecule has 0 unspecified atom stereocenters. The van der Waals surface area contributed by atoms with Crippen molar-refractivity contribution in [2.75, 3.05) is 14.2 Å². The highest BCUT2D eigenvalue weighted by Gasteiger charge is 2.14. The topological polar surface area (TPSA) is 49.2 Å². The van der Waals surface area contributed by atoms with E-state index in [2.05, 4.69) is 10.2 Å². The quantitative estimate of drug-likeness (QED) is 0.596. The lowest BCUT2D eigenvalue weighted by atomic mass is 10.2. The second-order valence-corrected chi connectivity index (χ2v) is 6.66. The fraction of sp³-hybridized carbons (Fsp3) is 0.222. The SMILES string of the molecule is COc1ccc(-c2nnc(SCc3ccccc3Cl)n2C)cc1OC. The molecule has 0 fully saturated rings. The lowest BCUT2D eigenvalue weighted by Gasteiger charge is -2.09. The van der Waals surface area contributed by atoms with Crippen molar-refractivity contribution in [2.24, 2.45) is 7.05 Å². The van der Waals surface area contributed by atoms with Crippen molar-refractivity contribution in [1.29, 1.82) is 0 Å². The number of halogens is 1. The Bertz CT molecular complexity index is 883. The zero-order chi connectivity index (χ0) is 17.8. The van der Waals surface area contributed by atoms with Crippen molar-refractivity contribution in [3.8, 4) is 22.9 Å². The number of ether oxygens (including phenoxy) is 2. The molecule has 0 amide bonds. The standard InChI is InChI=1S/C18H18ClN3O2S/c1-22-17(12-8-9-15(23-2)16(10-12)24-3)20-21-18(22)25-11-13-6-4-5-7-14(13)19/h4-10H,11H2,1-3H3. The van der Waals surface area contributed by atoms with Gasteiger partial charge in [-0.15, -0.1) is 10.2 Å². The Labute approximate surface area is 155 Å². The Hall–Kier alpha value is -2.18. The van der Waals surface area contributed by atoms with Gasteiger partial charge in [0.05, 0.1) is 14.2 Å². The third-order valence-electron chi connectivity index (χ3n) is 3.79. The molecule has 3 aromatic rings. The summed E-state index contributed by atoms with van der Waals surface area (Å²) < 4.78 is 12.6. The predicted molar refractivity (Wildman–Crippen MR) is 101 cm³/mol. The van der Waals surface area contributed by atoms with Crippen LogP contribution in [-0.4, -0.2) is 29.0 Å². The van der Waals surface area contributed by atoms with E-state index < -0.39 is 0 Å².